The number of thioether (sulfide) groups is 1. The fraction of sp³-hybridized carbons (Fsp3) is 0.533. The molecule has 3 heteroatoms. The molecule has 96 valence electrons. The summed E-state index contributed by atoms with van der Waals surface area (Å²) >= 11 is 2.03. The molecule has 0 unspecified atom stereocenters. The Kier molecular flexibility index (Phi) is 3.10. The molecular weight excluding hydrogens is 244 g/mol. The molecule has 1 saturated carbocycles. The van der Waals surface area contributed by atoms with E-state index in [1.165, 1.54) is 29.9 Å². The molecule has 1 saturated heterocycles. The molecule has 0 atom stereocenters. The van der Waals surface area contributed by atoms with Crippen molar-refractivity contribution in [1.82, 2.24) is 0 Å². The molecule has 18 heavy (non-hydrogen) atoms. The summed E-state index contributed by atoms with van der Waals surface area (Å²) in [5, 5.41) is 9.36. The van der Waals surface area contributed by atoms with E-state index in [0.717, 1.165) is 18.4 Å². The van der Waals surface area contributed by atoms with Crippen LogP contribution in [0.15, 0.2) is 24.3 Å². The summed E-state index contributed by atoms with van der Waals surface area (Å²) in [6.07, 6.45) is 4.06. The van der Waals surface area contributed by atoms with E-state index in [-0.39, 0.29) is 0 Å². The quantitative estimate of drug-likeness (QED) is 0.907. The van der Waals surface area contributed by atoms with Gasteiger partial charge in [0.15, 0.2) is 0 Å². The van der Waals surface area contributed by atoms with Gasteiger partial charge in [0.25, 0.3) is 0 Å². The summed E-state index contributed by atoms with van der Waals surface area (Å²) in [7, 11) is 0. The fourth-order valence-electron chi connectivity index (χ4n) is 2.87. The van der Waals surface area contributed by atoms with Crippen molar-refractivity contribution >= 4 is 17.7 Å². The van der Waals surface area contributed by atoms with Crippen molar-refractivity contribution in [3.63, 3.8) is 0 Å². The maximum atomic E-state index is 11.4. The van der Waals surface area contributed by atoms with Crippen LogP contribution in [-0.4, -0.2) is 22.6 Å². The highest BCUT2D eigenvalue weighted by molar-refractivity contribution is 7.99. The second-order valence-corrected chi connectivity index (χ2v) is 6.62. The molecule has 0 bridgehead atoms. The van der Waals surface area contributed by atoms with Crippen LogP contribution in [0.1, 0.15) is 42.7 Å². The molecule has 1 aromatic rings. The Hall–Kier alpha value is -0.960. The van der Waals surface area contributed by atoms with Crippen molar-refractivity contribution in [1.29, 1.82) is 0 Å². The smallest absolute Gasteiger partial charge is 0.314 e. The number of hydrogen-bond donors (Lipinski definition) is 1. The zero-order chi connectivity index (χ0) is 12.6. The standard InChI is InChI=1S/C15H18O2S/c16-14(17)15(6-7-15)13-3-1-2-12(10-13)11-4-8-18-9-5-11/h1-3,10-11H,4-9H2,(H,16,17). The molecule has 2 fully saturated rings. The lowest BCUT2D eigenvalue weighted by Crippen LogP contribution is -2.20. The van der Waals surface area contributed by atoms with E-state index in [1.807, 2.05) is 23.9 Å². The third-order valence-corrected chi connectivity index (χ3v) is 5.34. The van der Waals surface area contributed by atoms with Gasteiger partial charge in [-0.2, -0.15) is 11.8 Å². The van der Waals surface area contributed by atoms with Crippen molar-refractivity contribution in [2.75, 3.05) is 11.5 Å². The van der Waals surface area contributed by atoms with Gasteiger partial charge in [-0.15, -0.1) is 0 Å². The minimum atomic E-state index is -0.654. The minimum absolute atomic E-state index is 0.556. The van der Waals surface area contributed by atoms with E-state index in [2.05, 4.69) is 12.1 Å². The summed E-state index contributed by atoms with van der Waals surface area (Å²) in [5.41, 5.74) is 1.81. The van der Waals surface area contributed by atoms with E-state index in [1.54, 1.807) is 0 Å². The van der Waals surface area contributed by atoms with Gasteiger partial charge in [-0.3, -0.25) is 4.79 Å². The lowest BCUT2D eigenvalue weighted by Gasteiger charge is -2.23. The first kappa shape index (κ1) is 12.1. The van der Waals surface area contributed by atoms with E-state index in [9.17, 15) is 9.90 Å². The van der Waals surface area contributed by atoms with Crippen LogP contribution in [0.5, 0.6) is 0 Å². The molecule has 0 radical (unpaired) electrons. The van der Waals surface area contributed by atoms with Crippen LogP contribution in [0, 0.1) is 0 Å². The van der Waals surface area contributed by atoms with Crippen molar-refractivity contribution in [3.8, 4) is 0 Å². The minimum Gasteiger partial charge on any atom is -0.481 e. The Morgan fingerprint density at radius 2 is 2.00 bits per heavy atom. The third-order valence-electron chi connectivity index (χ3n) is 4.29. The summed E-state index contributed by atoms with van der Waals surface area (Å²) in [4.78, 5) is 11.4. The second-order valence-electron chi connectivity index (χ2n) is 5.40. The molecule has 0 spiro atoms. The van der Waals surface area contributed by atoms with Crippen LogP contribution >= 0.6 is 11.8 Å². The Morgan fingerprint density at radius 1 is 1.28 bits per heavy atom. The molecule has 2 nitrogen and oxygen atoms in total. The van der Waals surface area contributed by atoms with Gasteiger partial charge in [0.1, 0.15) is 0 Å². The molecule has 1 aromatic carbocycles. The van der Waals surface area contributed by atoms with Crippen LogP contribution in [0.3, 0.4) is 0 Å². The fourth-order valence-corrected chi connectivity index (χ4v) is 3.98. The van der Waals surface area contributed by atoms with E-state index < -0.39 is 11.4 Å². The van der Waals surface area contributed by atoms with Crippen molar-refractivity contribution in [3.05, 3.63) is 35.4 Å². The largest absolute Gasteiger partial charge is 0.481 e. The van der Waals surface area contributed by atoms with Crippen molar-refractivity contribution in [2.24, 2.45) is 0 Å². The predicted octanol–water partition coefficient (Wildman–Crippen LogP) is 3.41. The SMILES string of the molecule is O=C(O)C1(c2cccc(C3CCSCC3)c2)CC1. The lowest BCUT2D eigenvalue weighted by molar-refractivity contribution is -0.140. The average molecular weight is 262 g/mol. The zero-order valence-electron chi connectivity index (χ0n) is 10.4. The molecule has 1 heterocycles. The maximum Gasteiger partial charge on any atom is 0.314 e. The van der Waals surface area contributed by atoms with Crippen LogP contribution in [0.25, 0.3) is 0 Å². The first-order valence-electron chi connectivity index (χ1n) is 6.64. The Morgan fingerprint density at radius 3 is 2.61 bits per heavy atom. The summed E-state index contributed by atoms with van der Waals surface area (Å²) in [5.74, 6) is 2.45. The van der Waals surface area contributed by atoms with Gasteiger partial charge in [-0.25, -0.2) is 0 Å². The van der Waals surface area contributed by atoms with E-state index >= 15 is 0 Å². The molecular formula is C15H18O2S. The van der Waals surface area contributed by atoms with Crippen LogP contribution in [0.2, 0.25) is 0 Å². The van der Waals surface area contributed by atoms with Crippen LogP contribution < -0.4 is 0 Å². The molecule has 0 amide bonds. The van der Waals surface area contributed by atoms with E-state index in [4.69, 9.17) is 0 Å². The molecule has 1 aliphatic heterocycles. The summed E-state index contributed by atoms with van der Waals surface area (Å²) < 4.78 is 0. The first-order chi connectivity index (χ1) is 8.72. The highest BCUT2D eigenvalue weighted by atomic mass is 32.2. The van der Waals surface area contributed by atoms with E-state index in [0.29, 0.717) is 5.92 Å². The number of benzene rings is 1. The normalized spacial score (nSPS) is 22.7. The Balaban J connectivity index is 1.87. The highest BCUT2D eigenvalue weighted by Gasteiger charge is 2.51. The predicted molar refractivity (Wildman–Crippen MR) is 74.3 cm³/mol. The van der Waals surface area contributed by atoms with Crippen molar-refractivity contribution in [2.45, 2.75) is 37.0 Å². The number of hydrogen-bond acceptors (Lipinski definition) is 2. The number of carbonyl (C=O) groups is 1. The maximum absolute atomic E-state index is 11.4. The molecule has 2 aliphatic rings. The average Bonchev–Trinajstić information content (AvgIpc) is 3.21. The second kappa shape index (κ2) is 4.61. The van der Waals surface area contributed by atoms with Gasteiger partial charge in [-0.1, -0.05) is 24.3 Å². The van der Waals surface area contributed by atoms with Crippen molar-refractivity contribution < 1.29 is 9.90 Å². The van der Waals surface area contributed by atoms with Crippen LogP contribution in [-0.2, 0) is 10.2 Å². The Labute approximate surface area is 112 Å². The van der Waals surface area contributed by atoms with Gasteiger partial charge in [0.05, 0.1) is 5.41 Å². The topological polar surface area (TPSA) is 37.3 Å². The van der Waals surface area contributed by atoms with Gasteiger partial charge < -0.3 is 5.11 Å². The first-order valence-corrected chi connectivity index (χ1v) is 7.79. The number of aliphatic carboxylic acids is 1. The molecule has 1 aliphatic carbocycles. The van der Waals surface area contributed by atoms with Gasteiger partial charge in [-0.05, 0) is 54.2 Å². The van der Waals surface area contributed by atoms with Gasteiger partial charge in [0.2, 0.25) is 0 Å². The number of rotatable bonds is 3. The number of carboxylic acids is 1. The highest BCUT2D eigenvalue weighted by Crippen LogP contribution is 2.49. The molecule has 1 N–H and O–H groups in total. The summed E-state index contributed by atoms with van der Waals surface area (Å²) in [6.45, 7) is 0. The van der Waals surface area contributed by atoms with Gasteiger partial charge >= 0.3 is 5.97 Å². The third kappa shape index (κ3) is 2.05. The Bertz CT molecular complexity index is 459. The molecule has 3 rings (SSSR count). The molecule has 0 aromatic heterocycles. The lowest BCUT2D eigenvalue weighted by atomic mass is 9.88. The monoisotopic (exact) mass is 262 g/mol. The van der Waals surface area contributed by atoms with Gasteiger partial charge in [0, 0.05) is 0 Å². The zero-order valence-corrected chi connectivity index (χ0v) is 11.2. The van der Waals surface area contributed by atoms with Crippen LogP contribution in [0.4, 0.5) is 0 Å². The summed E-state index contributed by atoms with van der Waals surface area (Å²) in [6, 6.07) is 8.35. The number of carboxylic acid groups (broad SMARTS) is 1.